The monoisotopic (exact) mass is 175 g/mol. The zero-order valence-electron chi connectivity index (χ0n) is 7.96. The number of rotatable bonds is 2. The van der Waals surface area contributed by atoms with E-state index in [4.69, 9.17) is 11.0 Å². The number of pyridine rings is 1. The third-order valence-corrected chi connectivity index (χ3v) is 2.16. The van der Waals surface area contributed by atoms with Crippen molar-refractivity contribution in [2.75, 3.05) is 5.73 Å². The van der Waals surface area contributed by atoms with Crippen molar-refractivity contribution in [2.24, 2.45) is 0 Å². The molecule has 0 unspecified atom stereocenters. The van der Waals surface area contributed by atoms with Crippen LogP contribution in [0, 0.1) is 11.3 Å². The molecule has 3 heteroatoms. The molecule has 1 rings (SSSR count). The number of anilines is 1. The fraction of sp³-hybridized carbons (Fsp3) is 0.400. The van der Waals surface area contributed by atoms with Crippen LogP contribution in [0.25, 0.3) is 0 Å². The largest absolute Gasteiger partial charge is 0.383 e. The summed E-state index contributed by atoms with van der Waals surface area (Å²) in [6.45, 7) is 4.04. The van der Waals surface area contributed by atoms with Crippen molar-refractivity contribution < 1.29 is 0 Å². The van der Waals surface area contributed by atoms with Gasteiger partial charge in [0.1, 0.15) is 11.9 Å². The van der Waals surface area contributed by atoms with E-state index in [1.54, 1.807) is 6.20 Å². The van der Waals surface area contributed by atoms with Crippen molar-refractivity contribution in [3.63, 3.8) is 0 Å². The summed E-state index contributed by atoms with van der Waals surface area (Å²) in [6.07, 6.45) is 3.21. The van der Waals surface area contributed by atoms with E-state index in [-0.39, 0.29) is 0 Å². The van der Waals surface area contributed by atoms with Gasteiger partial charge in [0, 0.05) is 6.20 Å². The summed E-state index contributed by atoms with van der Waals surface area (Å²) < 4.78 is 0. The van der Waals surface area contributed by atoms with E-state index in [0.29, 0.717) is 11.4 Å². The van der Waals surface area contributed by atoms with Gasteiger partial charge in [-0.2, -0.15) is 5.26 Å². The van der Waals surface area contributed by atoms with Crippen LogP contribution in [0.15, 0.2) is 6.20 Å². The Kier molecular flexibility index (Phi) is 2.86. The standard InChI is InChI=1S/C10H13N3/c1-3-8-7(5-11)6-13-10(12)9(8)4-2/h6H,3-4H2,1-2H3,(H2,12,13). The maximum Gasteiger partial charge on any atom is 0.126 e. The number of nitrogens with two attached hydrogens (primary N) is 1. The van der Waals surface area contributed by atoms with Crippen molar-refractivity contribution >= 4 is 5.82 Å². The number of aromatic nitrogens is 1. The number of nitrogen functional groups attached to an aromatic ring is 1. The van der Waals surface area contributed by atoms with Gasteiger partial charge in [-0.05, 0) is 24.0 Å². The van der Waals surface area contributed by atoms with Crippen LogP contribution < -0.4 is 5.73 Å². The summed E-state index contributed by atoms with van der Waals surface area (Å²) in [5.41, 5.74) is 8.41. The van der Waals surface area contributed by atoms with Gasteiger partial charge in [-0.25, -0.2) is 4.98 Å². The predicted octanol–water partition coefficient (Wildman–Crippen LogP) is 1.66. The molecule has 0 aromatic carbocycles. The molecule has 0 saturated carbocycles. The summed E-state index contributed by atoms with van der Waals surface area (Å²) in [5.74, 6) is 0.554. The molecule has 1 aromatic rings. The van der Waals surface area contributed by atoms with Gasteiger partial charge in [0.15, 0.2) is 0 Å². The minimum atomic E-state index is 0.554. The second kappa shape index (κ2) is 3.90. The predicted molar refractivity (Wildman–Crippen MR) is 52.1 cm³/mol. The molecule has 0 aliphatic heterocycles. The molecule has 1 heterocycles. The minimum absolute atomic E-state index is 0.554. The molecule has 0 amide bonds. The first-order chi connectivity index (χ1) is 6.24. The molecule has 0 aliphatic rings. The molecule has 0 bridgehead atoms. The Morgan fingerprint density at radius 1 is 1.38 bits per heavy atom. The van der Waals surface area contributed by atoms with Crippen molar-refractivity contribution in [1.29, 1.82) is 5.26 Å². The van der Waals surface area contributed by atoms with Gasteiger partial charge in [0.05, 0.1) is 5.56 Å². The topological polar surface area (TPSA) is 62.7 Å². The lowest BCUT2D eigenvalue weighted by atomic mass is 10.00. The van der Waals surface area contributed by atoms with Gasteiger partial charge in [-0.15, -0.1) is 0 Å². The van der Waals surface area contributed by atoms with Crippen LogP contribution >= 0.6 is 0 Å². The average Bonchev–Trinajstić information content (AvgIpc) is 2.17. The van der Waals surface area contributed by atoms with Gasteiger partial charge in [-0.3, -0.25) is 0 Å². The van der Waals surface area contributed by atoms with Crippen LogP contribution in [-0.2, 0) is 12.8 Å². The molecule has 2 N–H and O–H groups in total. The third kappa shape index (κ3) is 1.62. The van der Waals surface area contributed by atoms with Crippen molar-refractivity contribution in [3.05, 3.63) is 22.9 Å². The fourth-order valence-electron chi connectivity index (χ4n) is 1.50. The molecule has 0 spiro atoms. The van der Waals surface area contributed by atoms with Gasteiger partial charge in [0.25, 0.3) is 0 Å². The van der Waals surface area contributed by atoms with E-state index in [1.165, 1.54) is 0 Å². The van der Waals surface area contributed by atoms with Crippen LogP contribution in [0.3, 0.4) is 0 Å². The van der Waals surface area contributed by atoms with Crippen LogP contribution in [0.2, 0.25) is 0 Å². The lowest BCUT2D eigenvalue weighted by Crippen LogP contribution is -2.03. The Morgan fingerprint density at radius 3 is 2.46 bits per heavy atom. The van der Waals surface area contributed by atoms with Crippen LogP contribution in [0.5, 0.6) is 0 Å². The molecular formula is C10H13N3. The quantitative estimate of drug-likeness (QED) is 0.743. The fourth-order valence-corrected chi connectivity index (χ4v) is 1.50. The highest BCUT2D eigenvalue weighted by atomic mass is 14.8. The van der Waals surface area contributed by atoms with E-state index < -0.39 is 0 Å². The maximum absolute atomic E-state index is 8.83. The summed E-state index contributed by atoms with van der Waals surface area (Å²) in [5, 5.41) is 8.83. The van der Waals surface area contributed by atoms with Gasteiger partial charge in [-0.1, -0.05) is 13.8 Å². The van der Waals surface area contributed by atoms with Gasteiger partial charge in [0.2, 0.25) is 0 Å². The molecule has 0 atom stereocenters. The zero-order chi connectivity index (χ0) is 9.84. The summed E-state index contributed by atoms with van der Waals surface area (Å²) >= 11 is 0. The maximum atomic E-state index is 8.83. The molecule has 0 radical (unpaired) electrons. The zero-order valence-corrected chi connectivity index (χ0v) is 7.96. The molecule has 0 saturated heterocycles. The van der Waals surface area contributed by atoms with Crippen LogP contribution in [0.1, 0.15) is 30.5 Å². The Hall–Kier alpha value is -1.56. The highest BCUT2D eigenvalue weighted by Crippen LogP contribution is 2.19. The van der Waals surface area contributed by atoms with Crippen LogP contribution in [0.4, 0.5) is 5.82 Å². The van der Waals surface area contributed by atoms with Crippen molar-refractivity contribution in [3.8, 4) is 6.07 Å². The van der Waals surface area contributed by atoms with Gasteiger partial charge >= 0.3 is 0 Å². The average molecular weight is 175 g/mol. The van der Waals surface area contributed by atoms with Crippen molar-refractivity contribution in [1.82, 2.24) is 4.98 Å². The highest BCUT2D eigenvalue weighted by molar-refractivity contribution is 5.51. The van der Waals surface area contributed by atoms with Crippen LogP contribution in [-0.4, -0.2) is 4.98 Å². The lowest BCUT2D eigenvalue weighted by molar-refractivity contribution is 1.01. The van der Waals surface area contributed by atoms with Crippen molar-refractivity contribution in [2.45, 2.75) is 26.7 Å². The highest BCUT2D eigenvalue weighted by Gasteiger charge is 2.09. The third-order valence-electron chi connectivity index (χ3n) is 2.16. The number of hydrogen-bond donors (Lipinski definition) is 1. The molecule has 0 aliphatic carbocycles. The SMILES string of the molecule is CCc1c(C#N)cnc(N)c1CC. The first kappa shape index (κ1) is 9.53. The summed E-state index contributed by atoms with van der Waals surface area (Å²) in [6, 6.07) is 2.13. The number of nitrogens with zero attached hydrogens (tertiary/aromatic N) is 2. The van der Waals surface area contributed by atoms with E-state index in [0.717, 1.165) is 24.0 Å². The second-order valence-electron chi connectivity index (χ2n) is 2.83. The van der Waals surface area contributed by atoms with Gasteiger partial charge < -0.3 is 5.73 Å². The molecule has 13 heavy (non-hydrogen) atoms. The molecule has 1 aromatic heterocycles. The molecule has 0 fully saturated rings. The summed E-state index contributed by atoms with van der Waals surface area (Å²) in [7, 11) is 0. The molecule has 3 nitrogen and oxygen atoms in total. The first-order valence-corrected chi connectivity index (χ1v) is 4.40. The van der Waals surface area contributed by atoms with E-state index in [2.05, 4.69) is 11.1 Å². The first-order valence-electron chi connectivity index (χ1n) is 4.40. The minimum Gasteiger partial charge on any atom is -0.383 e. The molecule has 68 valence electrons. The summed E-state index contributed by atoms with van der Waals surface area (Å²) in [4.78, 5) is 3.98. The Morgan fingerprint density at radius 2 is 2.00 bits per heavy atom. The Bertz CT molecular complexity index is 350. The lowest BCUT2D eigenvalue weighted by Gasteiger charge is -2.09. The van der Waals surface area contributed by atoms with E-state index in [9.17, 15) is 0 Å². The van der Waals surface area contributed by atoms with E-state index in [1.807, 2.05) is 13.8 Å². The van der Waals surface area contributed by atoms with E-state index >= 15 is 0 Å². The number of nitriles is 1. The normalized spacial score (nSPS) is 9.62. The second-order valence-corrected chi connectivity index (χ2v) is 2.83. The Labute approximate surface area is 78.2 Å². The smallest absolute Gasteiger partial charge is 0.126 e. The number of hydrogen-bond acceptors (Lipinski definition) is 3. The molecular weight excluding hydrogens is 162 g/mol. The Balaban J connectivity index is 3.38.